The molecule has 0 amide bonds. The predicted molar refractivity (Wildman–Crippen MR) is 72.1 cm³/mol. The molecule has 0 saturated heterocycles. The highest BCUT2D eigenvalue weighted by Gasteiger charge is 2.12. The standard InChI is InChI=1S/C13H11N5O/c1-4-6-8-9(7-5-2)16-12-10(15-8)11(14)17-13(19)18(12)3/h1-3H3,(H2,14,17,19). The lowest BCUT2D eigenvalue weighted by molar-refractivity contribution is 0.835. The van der Waals surface area contributed by atoms with Gasteiger partial charge in [0.1, 0.15) is 16.9 Å². The predicted octanol–water partition coefficient (Wildman–Crippen LogP) is 0.0485. The van der Waals surface area contributed by atoms with E-state index in [-0.39, 0.29) is 5.82 Å². The van der Waals surface area contributed by atoms with Crippen LogP contribution in [0, 0.1) is 23.7 Å². The Morgan fingerprint density at radius 1 is 1.05 bits per heavy atom. The summed E-state index contributed by atoms with van der Waals surface area (Å²) in [5, 5.41) is 0. The number of fused-ring (bicyclic) bond motifs is 1. The Morgan fingerprint density at radius 2 is 1.63 bits per heavy atom. The van der Waals surface area contributed by atoms with Gasteiger partial charge in [-0.3, -0.25) is 4.57 Å². The Kier molecular flexibility index (Phi) is 3.17. The van der Waals surface area contributed by atoms with Crippen LogP contribution in [0.25, 0.3) is 11.2 Å². The molecule has 0 spiro atoms. The van der Waals surface area contributed by atoms with Crippen molar-refractivity contribution in [3.63, 3.8) is 0 Å². The van der Waals surface area contributed by atoms with Gasteiger partial charge in [-0.15, -0.1) is 0 Å². The molecule has 2 aromatic heterocycles. The summed E-state index contributed by atoms with van der Waals surface area (Å²) in [5.41, 5.74) is 6.76. The van der Waals surface area contributed by atoms with Gasteiger partial charge in [0.25, 0.3) is 0 Å². The first kappa shape index (κ1) is 12.6. The van der Waals surface area contributed by atoms with Crippen molar-refractivity contribution in [1.82, 2.24) is 19.5 Å². The highest BCUT2D eigenvalue weighted by atomic mass is 16.1. The second-order valence-electron chi connectivity index (χ2n) is 3.68. The van der Waals surface area contributed by atoms with Gasteiger partial charge >= 0.3 is 5.69 Å². The molecule has 0 saturated carbocycles. The average molecular weight is 253 g/mol. The molecule has 0 aromatic carbocycles. The summed E-state index contributed by atoms with van der Waals surface area (Å²) < 4.78 is 1.28. The van der Waals surface area contributed by atoms with Crippen molar-refractivity contribution in [2.45, 2.75) is 13.8 Å². The van der Waals surface area contributed by atoms with Gasteiger partial charge < -0.3 is 5.73 Å². The maximum Gasteiger partial charge on any atom is 0.351 e. The second-order valence-corrected chi connectivity index (χ2v) is 3.68. The largest absolute Gasteiger partial charge is 0.382 e. The smallest absolute Gasteiger partial charge is 0.351 e. The fraction of sp³-hybridized carbons (Fsp3) is 0.231. The molecule has 0 atom stereocenters. The Hall–Kier alpha value is -2.86. The molecule has 19 heavy (non-hydrogen) atoms. The molecule has 0 unspecified atom stereocenters. The number of aryl methyl sites for hydroxylation is 1. The van der Waals surface area contributed by atoms with Gasteiger partial charge in [0.2, 0.25) is 0 Å². The van der Waals surface area contributed by atoms with E-state index in [1.807, 2.05) is 0 Å². The fourth-order valence-corrected chi connectivity index (χ4v) is 1.56. The first-order valence-corrected chi connectivity index (χ1v) is 5.48. The van der Waals surface area contributed by atoms with Crippen molar-refractivity contribution in [3.05, 3.63) is 21.9 Å². The van der Waals surface area contributed by atoms with Crippen LogP contribution in [0.3, 0.4) is 0 Å². The minimum Gasteiger partial charge on any atom is -0.382 e. The Morgan fingerprint density at radius 3 is 2.21 bits per heavy atom. The zero-order valence-corrected chi connectivity index (χ0v) is 10.8. The Balaban J connectivity index is 2.98. The van der Waals surface area contributed by atoms with Crippen molar-refractivity contribution < 1.29 is 0 Å². The molecule has 6 nitrogen and oxygen atoms in total. The molecule has 0 aliphatic heterocycles. The summed E-state index contributed by atoms with van der Waals surface area (Å²) in [6.45, 7) is 3.38. The topological polar surface area (TPSA) is 86.7 Å². The van der Waals surface area contributed by atoms with Crippen LogP contribution in [0.4, 0.5) is 5.82 Å². The lowest BCUT2D eigenvalue weighted by Crippen LogP contribution is -2.23. The molecule has 2 aromatic rings. The third-order valence-electron chi connectivity index (χ3n) is 2.43. The summed E-state index contributed by atoms with van der Waals surface area (Å²) in [7, 11) is 1.56. The first-order valence-electron chi connectivity index (χ1n) is 5.48. The highest BCUT2D eigenvalue weighted by Crippen LogP contribution is 2.14. The van der Waals surface area contributed by atoms with E-state index in [0.717, 1.165) is 0 Å². The molecular formula is C13H11N5O. The number of nitrogens with zero attached hydrogens (tertiary/aromatic N) is 4. The summed E-state index contributed by atoms with van der Waals surface area (Å²) in [5.74, 6) is 11.2. The van der Waals surface area contributed by atoms with Gasteiger partial charge in [-0.25, -0.2) is 14.8 Å². The van der Waals surface area contributed by atoms with Crippen LogP contribution >= 0.6 is 0 Å². The molecule has 0 radical (unpaired) electrons. The van der Waals surface area contributed by atoms with Crippen LogP contribution in [-0.2, 0) is 7.05 Å². The molecule has 94 valence electrons. The number of rotatable bonds is 0. The van der Waals surface area contributed by atoms with E-state index < -0.39 is 5.69 Å². The summed E-state index contributed by atoms with van der Waals surface area (Å²) in [6, 6.07) is 0. The second kappa shape index (κ2) is 4.79. The number of nitrogens with two attached hydrogens (primary N) is 1. The van der Waals surface area contributed by atoms with Gasteiger partial charge in [-0.05, 0) is 25.7 Å². The third kappa shape index (κ3) is 2.12. The average Bonchev–Trinajstić information content (AvgIpc) is 2.38. The number of nitrogen functional groups attached to an aromatic ring is 1. The molecule has 6 heteroatoms. The van der Waals surface area contributed by atoms with Crippen LogP contribution in [0.1, 0.15) is 25.2 Å². The quantitative estimate of drug-likeness (QED) is 0.670. The summed E-state index contributed by atoms with van der Waals surface area (Å²) >= 11 is 0. The van der Waals surface area contributed by atoms with E-state index in [4.69, 9.17) is 5.73 Å². The van der Waals surface area contributed by atoms with Gasteiger partial charge in [0.05, 0.1) is 0 Å². The minimum atomic E-state index is -0.482. The monoisotopic (exact) mass is 253 g/mol. The maximum atomic E-state index is 11.6. The number of aromatic nitrogens is 4. The van der Waals surface area contributed by atoms with Crippen molar-refractivity contribution in [3.8, 4) is 23.7 Å². The number of hydrogen-bond acceptors (Lipinski definition) is 5. The van der Waals surface area contributed by atoms with Crippen molar-refractivity contribution in [2.75, 3.05) is 5.73 Å². The molecule has 2 rings (SSSR count). The molecule has 0 aliphatic carbocycles. The van der Waals surface area contributed by atoms with Gasteiger partial charge in [-0.2, -0.15) is 4.98 Å². The van der Waals surface area contributed by atoms with Crippen LogP contribution in [0.2, 0.25) is 0 Å². The molecule has 0 fully saturated rings. The summed E-state index contributed by atoms with van der Waals surface area (Å²) in [4.78, 5) is 23.9. The SMILES string of the molecule is CC#Cc1nc2c(N)nc(=O)n(C)c2nc1C#CC. The van der Waals surface area contributed by atoms with E-state index in [0.29, 0.717) is 22.6 Å². The Bertz CT molecular complexity index is 843. The Labute approximate surface area is 109 Å². The summed E-state index contributed by atoms with van der Waals surface area (Å²) in [6.07, 6.45) is 0. The fourth-order valence-electron chi connectivity index (χ4n) is 1.56. The molecule has 2 heterocycles. The van der Waals surface area contributed by atoms with Crippen molar-refractivity contribution >= 4 is 17.0 Å². The minimum absolute atomic E-state index is 0.0424. The van der Waals surface area contributed by atoms with E-state index in [1.165, 1.54) is 4.57 Å². The van der Waals surface area contributed by atoms with E-state index >= 15 is 0 Å². The number of anilines is 1. The molecule has 0 aliphatic rings. The van der Waals surface area contributed by atoms with E-state index in [9.17, 15) is 4.79 Å². The molecule has 0 bridgehead atoms. The zero-order valence-electron chi connectivity index (χ0n) is 10.8. The van der Waals surface area contributed by atoms with Crippen molar-refractivity contribution in [1.29, 1.82) is 0 Å². The maximum absolute atomic E-state index is 11.6. The van der Waals surface area contributed by atoms with Gasteiger partial charge in [-0.1, -0.05) is 11.8 Å². The third-order valence-corrected chi connectivity index (χ3v) is 2.43. The van der Waals surface area contributed by atoms with Crippen molar-refractivity contribution in [2.24, 2.45) is 7.05 Å². The highest BCUT2D eigenvalue weighted by molar-refractivity contribution is 5.82. The zero-order chi connectivity index (χ0) is 14.0. The van der Waals surface area contributed by atoms with Crippen LogP contribution in [-0.4, -0.2) is 19.5 Å². The van der Waals surface area contributed by atoms with Crippen LogP contribution < -0.4 is 11.4 Å². The molecular weight excluding hydrogens is 242 g/mol. The number of hydrogen-bond donors (Lipinski definition) is 1. The lowest BCUT2D eigenvalue weighted by Gasteiger charge is -2.06. The lowest BCUT2D eigenvalue weighted by atomic mass is 10.3. The van der Waals surface area contributed by atoms with Crippen LogP contribution in [0.5, 0.6) is 0 Å². The molecule has 2 N–H and O–H groups in total. The first-order chi connectivity index (χ1) is 9.08. The van der Waals surface area contributed by atoms with Gasteiger partial charge in [0.15, 0.2) is 11.5 Å². The van der Waals surface area contributed by atoms with Crippen LogP contribution in [0.15, 0.2) is 4.79 Å². The van der Waals surface area contributed by atoms with E-state index in [2.05, 4.69) is 38.6 Å². The normalized spacial score (nSPS) is 9.42. The van der Waals surface area contributed by atoms with Gasteiger partial charge in [0, 0.05) is 7.05 Å². The van der Waals surface area contributed by atoms with E-state index in [1.54, 1.807) is 20.9 Å².